The van der Waals surface area contributed by atoms with Crippen molar-refractivity contribution in [2.75, 3.05) is 13.2 Å². The zero-order chi connectivity index (χ0) is 14.6. The summed E-state index contributed by atoms with van der Waals surface area (Å²) in [4.78, 5) is 0. The molecule has 1 heterocycles. The molecule has 0 aromatic carbocycles. The van der Waals surface area contributed by atoms with Gasteiger partial charge in [0.2, 0.25) is 0 Å². The molecule has 3 unspecified atom stereocenters. The molecule has 5 nitrogen and oxygen atoms in total. The Kier molecular flexibility index (Phi) is 5.84. The molecule has 2 N–H and O–H groups in total. The molecule has 1 aliphatic carbocycles. The number of piperidine rings is 1. The number of aliphatic hydroxyl groups excluding tert-OH is 1. The summed E-state index contributed by atoms with van der Waals surface area (Å²) in [7, 11) is -3.45. The second-order valence-corrected chi connectivity index (χ2v) is 8.03. The van der Waals surface area contributed by atoms with Gasteiger partial charge in [0, 0.05) is 18.6 Å². The Labute approximate surface area is 122 Å². The number of aliphatic hydroxyl groups is 1. The van der Waals surface area contributed by atoms with Gasteiger partial charge in [-0.05, 0) is 38.0 Å². The molecule has 2 fully saturated rings. The Balaban J connectivity index is 1.98. The first-order chi connectivity index (χ1) is 9.53. The molecule has 0 bridgehead atoms. The van der Waals surface area contributed by atoms with Gasteiger partial charge in [-0.15, -0.1) is 0 Å². The van der Waals surface area contributed by atoms with Gasteiger partial charge in [-0.3, -0.25) is 0 Å². The average Bonchev–Trinajstić information content (AvgIpc) is 2.63. The topological polar surface area (TPSA) is 69.6 Å². The van der Waals surface area contributed by atoms with Crippen molar-refractivity contribution in [3.63, 3.8) is 0 Å². The molecule has 2 aliphatic rings. The molecule has 118 valence electrons. The van der Waals surface area contributed by atoms with Crippen LogP contribution < -0.4 is 4.72 Å². The van der Waals surface area contributed by atoms with E-state index >= 15 is 0 Å². The fraction of sp³-hybridized carbons (Fsp3) is 1.00. The van der Waals surface area contributed by atoms with Crippen molar-refractivity contribution in [1.29, 1.82) is 0 Å². The molecule has 1 aliphatic heterocycles. The van der Waals surface area contributed by atoms with Gasteiger partial charge in [-0.1, -0.05) is 26.2 Å². The molecule has 3 atom stereocenters. The normalized spacial score (nSPS) is 33.8. The summed E-state index contributed by atoms with van der Waals surface area (Å²) in [5.74, 6) is 0.699. The maximum Gasteiger partial charge on any atom is 0.280 e. The van der Waals surface area contributed by atoms with E-state index in [1.165, 1.54) is 10.7 Å². The van der Waals surface area contributed by atoms with Gasteiger partial charge in [0.1, 0.15) is 0 Å². The molecule has 1 saturated carbocycles. The zero-order valence-electron chi connectivity index (χ0n) is 12.4. The van der Waals surface area contributed by atoms with Gasteiger partial charge in [-0.2, -0.15) is 17.4 Å². The SMILES string of the molecule is CC1CCCC(NS(=O)(=O)N2CCCCC2CO)CC1. The van der Waals surface area contributed by atoms with Crippen LogP contribution in [0.5, 0.6) is 0 Å². The van der Waals surface area contributed by atoms with Crippen LogP contribution in [0.2, 0.25) is 0 Å². The molecule has 0 amide bonds. The highest BCUT2D eigenvalue weighted by molar-refractivity contribution is 7.87. The van der Waals surface area contributed by atoms with Crippen molar-refractivity contribution in [3.05, 3.63) is 0 Å². The van der Waals surface area contributed by atoms with Gasteiger partial charge in [-0.25, -0.2) is 0 Å². The molecular formula is C14H28N2O3S. The zero-order valence-corrected chi connectivity index (χ0v) is 13.2. The van der Waals surface area contributed by atoms with Crippen LogP contribution in [0.3, 0.4) is 0 Å². The summed E-state index contributed by atoms with van der Waals surface area (Å²) in [6.07, 6.45) is 7.89. The Bertz CT molecular complexity index is 399. The van der Waals surface area contributed by atoms with E-state index in [-0.39, 0.29) is 18.7 Å². The van der Waals surface area contributed by atoms with E-state index in [0.29, 0.717) is 12.5 Å². The van der Waals surface area contributed by atoms with Crippen molar-refractivity contribution >= 4 is 10.2 Å². The maximum atomic E-state index is 12.5. The second-order valence-electron chi connectivity index (χ2n) is 6.38. The van der Waals surface area contributed by atoms with Crippen LogP contribution in [0.15, 0.2) is 0 Å². The summed E-state index contributed by atoms with van der Waals surface area (Å²) < 4.78 is 29.4. The standard InChI is InChI=1S/C14H28N2O3S/c1-12-5-4-6-13(9-8-12)15-20(18,19)16-10-3-2-7-14(16)11-17/h12-15,17H,2-11H2,1H3. The van der Waals surface area contributed by atoms with Gasteiger partial charge >= 0.3 is 0 Å². The van der Waals surface area contributed by atoms with E-state index in [2.05, 4.69) is 11.6 Å². The van der Waals surface area contributed by atoms with Crippen LogP contribution in [0.25, 0.3) is 0 Å². The van der Waals surface area contributed by atoms with E-state index in [4.69, 9.17) is 0 Å². The minimum Gasteiger partial charge on any atom is -0.395 e. The van der Waals surface area contributed by atoms with Crippen LogP contribution in [0, 0.1) is 5.92 Å². The van der Waals surface area contributed by atoms with Crippen LogP contribution in [0.1, 0.15) is 58.3 Å². The van der Waals surface area contributed by atoms with Crippen molar-refractivity contribution in [2.24, 2.45) is 5.92 Å². The summed E-state index contributed by atoms with van der Waals surface area (Å²) >= 11 is 0. The quantitative estimate of drug-likeness (QED) is 0.776. The van der Waals surface area contributed by atoms with Gasteiger partial charge in [0.05, 0.1) is 6.61 Å². The first kappa shape index (κ1) is 16.2. The third-order valence-electron chi connectivity index (χ3n) is 4.67. The average molecular weight is 304 g/mol. The molecule has 0 spiro atoms. The fourth-order valence-corrected chi connectivity index (χ4v) is 5.08. The smallest absolute Gasteiger partial charge is 0.280 e. The van der Waals surface area contributed by atoms with Crippen molar-refractivity contribution < 1.29 is 13.5 Å². The van der Waals surface area contributed by atoms with E-state index in [1.807, 2.05) is 0 Å². The summed E-state index contributed by atoms with van der Waals surface area (Å²) in [6, 6.07) is -0.183. The largest absolute Gasteiger partial charge is 0.395 e. The lowest BCUT2D eigenvalue weighted by atomic mass is 10.0. The maximum absolute atomic E-state index is 12.5. The van der Waals surface area contributed by atoms with Crippen molar-refractivity contribution in [2.45, 2.75) is 70.4 Å². The van der Waals surface area contributed by atoms with Crippen molar-refractivity contribution in [3.8, 4) is 0 Å². The Morgan fingerprint density at radius 3 is 2.65 bits per heavy atom. The minimum absolute atomic E-state index is 0.0613. The summed E-state index contributed by atoms with van der Waals surface area (Å²) in [5.41, 5.74) is 0. The van der Waals surface area contributed by atoms with Crippen molar-refractivity contribution in [1.82, 2.24) is 9.03 Å². The summed E-state index contributed by atoms with van der Waals surface area (Å²) in [5, 5.41) is 9.38. The second kappa shape index (κ2) is 7.20. The highest BCUT2D eigenvalue weighted by Gasteiger charge is 2.33. The molecule has 1 saturated heterocycles. The van der Waals surface area contributed by atoms with Crippen LogP contribution in [-0.2, 0) is 10.2 Å². The van der Waals surface area contributed by atoms with E-state index in [1.54, 1.807) is 0 Å². The van der Waals surface area contributed by atoms with Crippen LogP contribution in [0.4, 0.5) is 0 Å². The highest BCUT2D eigenvalue weighted by atomic mass is 32.2. The monoisotopic (exact) mass is 304 g/mol. The number of nitrogens with zero attached hydrogens (tertiary/aromatic N) is 1. The molecule has 20 heavy (non-hydrogen) atoms. The van der Waals surface area contributed by atoms with Gasteiger partial charge in [0.15, 0.2) is 0 Å². The predicted octanol–water partition coefficient (Wildman–Crippen LogP) is 1.64. The van der Waals surface area contributed by atoms with E-state index in [9.17, 15) is 13.5 Å². The summed E-state index contributed by atoms with van der Waals surface area (Å²) in [6.45, 7) is 2.69. The first-order valence-corrected chi connectivity index (χ1v) is 9.37. The molecule has 0 aromatic rings. The first-order valence-electron chi connectivity index (χ1n) is 7.93. The van der Waals surface area contributed by atoms with Gasteiger partial charge in [0.25, 0.3) is 10.2 Å². The fourth-order valence-electron chi connectivity index (χ4n) is 3.36. The Morgan fingerprint density at radius 1 is 1.10 bits per heavy atom. The minimum atomic E-state index is -3.45. The molecule has 0 aromatic heterocycles. The third kappa shape index (κ3) is 4.16. The van der Waals surface area contributed by atoms with E-state index in [0.717, 1.165) is 44.9 Å². The number of rotatable bonds is 4. The lowest BCUT2D eigenvalue weighted by molar-refractivity contribution is 0.153. The van der Waals surface area contributed by atoms with Crippen LogP contribution in [-0.4, -0.2) is 43.1 Å². The number of nitrogens with one attached hydrogen (secondary N) is 1. The third-order valence-corrected chi connectivity index (χ3v) is 6.39. The van der Waals surface area contributed by atoms with E-state index < -0.39 is 10.2 Å². The molecule has 0 radical (unpaired) electrons. The molecule has 6 heteroatoms. The highest BCUT2D eigenvalue weighted by Crippen LogP contribution is 2.25. The molecular weight excluding hydrogens is 276 g/mol. The lowest BCUT2D eigenvalue weighted by Gasteiger charge is -2.34. The lowest BCUT2D eigenvalue weighted by Crippen LogP contribution is -2.52. The number of hydrogen-bond donors (Lipinski definition) is 2. The molecule has 2 rings (SSSR count). The number of hydrogen-bond acceptors (Lipinski definition) is 3. The Hall–Kier alpha value is -0.170. The van der Waals surface area contributed by atoms with Crippen LogP contribution >= 0.6 is 0 Å². The Morgan fingerprint density at radius 2 is 1.90 bits per heavy atom. The predicted molar refractivity (Wildman–Crippen MR) is 79.5 cm³/mol. The van der Waals surface area contributed by atoms with Gasteiger partial charge < -0.3 is 5.11 Å².